The number of nitrogens with zero attached hydrogens (tertiary/aromatic N) is 4. The van der Waals surface area contributed by atoms with Crippen LogP contribution in [0.15, 0.2) is 141 Å². The fourth-order valence-corrected chi connectivity index (χ4v) is 5.40. The van der Waals surface area contributed by atoms with Gasteiger partial charge in [-0.25, -0.2) is 0 Å². The molecule has 10 heteroatoms. The van der Waals surface area contributed by atoms with Crippen LogP contribution in [-0.4, -0.2) is 13.0 Å². The molecule has 0 saturated carbocycles. The molecule has 0 radical (unpaired) electrons. The van der Waals surface area contributed by atoms with E-state index in [-0.39, 0.29) is 16.3 Å². The lowest BCUT2D eigenvalue weighted by Crippen LogP contribution is -2.01. The maximum Gasteiger partial charge on any atom is 0.295 e. The Balaban J connectivity index is 1.20. The van der Waals surface area contributed by atoms with Crippen LogP contribution in [0.4, 0.5) is 34.1 Å². The van der Waals surface area contributed by atoms with Crippen LogP contribution in [0.1, 0.15) is 0 Å². The van der Waals surface area contributed by atoms with Crippen molar-refractivity contribution in [3.05, 3.63) is 115 Å². The number of anilines is 2. The number of rotatable bonds is 6. The minimum absolute atomic E-state index is 0.139. The molecule has 9 nitrogen and oxygen atoms in total. The van der Waals surface area contributed by atoms with Crippen LogP contribution in [0.5, 0.6) is 0 Å². The van der Waals surface area contributed by atoms with Gasteiger partial charge in [0.15, 0.2) is 0 Å². The van der Waals surface area contributed by atoms with E-state index in [9.17, 15) is 13.0 Å². The number of fused-ring (bicyclic) bond motifs is 2. The summed E-state index contributed by atoms with van der Waals surface area (Å²) >= 11 is 0. The quantitative estimate of drug-likeness (QED) is 0.103. The molecular weight excluding hydrogens is 548 g/mol. The largest absolute Gasteiger partial charge is 0.396 e. The normalized spacial score (nSPS) is 12.1. The highest BCUT2D eigenvalue weighted by Crippen LogP contribution is 2.37. The first-order valence-electron chi connectivity index (χ1n) is 12.9. The second kappa shape index (κ2) is 10.8. The third-order valence-corrected chi connectivity index (χ3v) is 7.76. The Kier molecular flexibility index (Phi) is 6.91. The second-order valence-corrected chi connectivity index (χ2v) is 10.9. The van der Waals surface area contributed by atoms with Crippen molar-refractivity contribution < 1.29 is 13.0 Å². The zero-order chi connectivity index (χ0) is 29.3. The van der Waals surface area contributed by atoms with E-state index in [2.05, 4.69) is 20.5 Å². The fraction of sp³-hybridized carbons (Fsp3) is 0. The summed E-state index contributed by atoms with van der Waals surface area (Å²) in [5, 5.41) is 19.9. The Bertz CT molecular complexity index is 2130. The standard InChI is InChI=1S/C32H24N6O3S/c33-31-25-6-2-1-5-22(25)13-18-28(31)37-35-23-14-9-20(10-15-23)21-11-16-24(17-12-21)36-38-29-19-30(42(39,40)41)26-7-3-4-8-27(26)32(29)34/h1-19H,33-34H2,(H,39,40,41). The monoisotopic (exact) mass is 572 g/mol. The molecule has 6 aromatic rings. The van der Waals surface area contributed by atoms with Crippen molar-refractivity contribution in [3.63, 3.8) is 0 Å². The van der Waals surface area contributed by atoms with Gasteiger partial charge in [-0.3, -0.25) is 4.55 Å². The highest BCUT2D eigenvalue weighted by molar-refractivity contribution is 7.86. The molecule has 0 heterocycles. The molecule has 0 aliphatic rings. The van der Waals surface area contributed by atoms with E-state index in [1.807, 2.05) is 72.8 Å². The third-order valence-electron chi connectivity index (χ3n) is 6.87. The smallest absolute Gasteiger partial charge is 0.295 e. The highest BCUT2D eigenvalue weighted by Gasteiger charge is 2.18. The minimum atomic E-state index is -4.49. The lowest BCUT2D eigenvalue weighted by molar-refractivity contribution is 0.484. The molecule has 0 bridgehead atoms. The van der Waals surface area contributed by atoms with Crippen LogP contribution in [0.3, 0.4) is 0 Å². The lowest BCUT2D eigenvalue weighted by atomic mass is 10.1. The molecule has 6 aromatic carbocycles. The molecule has 0 spiro atoms. The Labute approximate surface area is 241 Å². The maximum atomic E-state index is 12.0. The summed E-state index contributed by atoms with van der Waals surface area (Å²) in [6, 6.07) is 34.6. The van der Waals surface area contributed by atoms with Gasteiger partial charge in [0.25, 0.3) is 10.1 Å². The molecule has 0 aliphatic heterocycles. The predicted molar refractivity (Wildman–Crippen MR) is 167 cm³/mol. The van der Waals surface area contributed by atoms with Crippen LogP contribution < -0.4 is 11.5 Å². The van der Waals surface area contributed by atoms with Gasteiger partial charge >= 0.3 is 0 Å². The van der Waals surface area contributed by atoms with Gasteiger partial charge in [0, 0.05) is 16.2 Å². The SMILES string of the molecule is Nc1c(N=Nc2ccc(-c3ccc(N=Nc4cc(S(=O)(=O)O)c5ccccc5c4N)cc3)cc2)ccc2ccccc12. The van der Waals surface area contributed by atoms with E-state index in [0.717, 1.165) is 21.9 Å². The van der Waals surface area contributed by atoms with Gasteiger partial charge in [0.1, 0.15) is 16.3 Å². The van der Waals surface area contributed by atoms with Crippen LogP contribution in [0, 0.1) is 0 Å². The lowest BCUT2D eigenvalue weighted by Gasteiger charge is -2.09. The number of hydrogen-bond donors (Lipinski definition) is 3. The van der Waals surface area contributed by atoms with Crippen LogP contribution in [0.25, 0.3) is 32.7 Å². The zero-order valence-corrected chi connectivity index (χ0v) is 22.9. The van der Waals surface area contributed by atoms with Crippen molar-refractivity contribution in [1.29, 1.82) is 0 Å². The molecule has 6 rings (SSSR count). The summed E-state index contributed by atoms with van der Waals surface area (Å²) in [6.07, 6.45) is 0. The second-order valence-electron chi connectivity index (χ2n) is 9.54. The highest BCUT2D eigenvalue weighted by atomic mass is 32.2. The summed E-state index contributed by atoms with van der Waals surface area (Å²) in [5.41, 5.74) is 17.3. The van der Waals surface area contributed by atoms with Gasteiger partial charge < -0.3 is 11.5 Å². The molecule has 0 aromatic heterocycles. The van der Waals surface area contributed by atoms with E-state index < -0.39 is 10.1 Å². The molecular formula is C32H24N6O3S. The fourth-order valence-electron chi connectivity index (χ4n) is 4.68. The molecule has 0 fully saturated rings. The number of hydrogen-bond acceptors (Lipinski definition) is 8. The van der Waals surface area contributed by atoms with Gasteiger partial charge in [0.05, 0.1) is 22.7 Å². The third kappa shape index (κ3) is 5.31. The van der Waals surface area contributed by atoms with Crippen molar-refractivity contribution >= 4 is 65.8 Å². The first-order valence-corrected chi connectivity index (χ1v) is 14.3. The van der Waals surface area contributed by atoms with Crippen molar-refractivity contribution in [2.45, 2.75) is 4.90 Å². The molecule has 0 amide bonds. The summed E-state index contributed by atoms with van der Waals surface area (Å²) in [4.78, 5) is -0.277. The zero-order valence-electron chi connectivity index (χ0n) is 22.1. The Morgan fingerprint density at radius 1 is 0.524 bits per heavy atom. The molecule has 0 saturated heterocycles. The van der Waals surface area contributed by atoms with E-state index >= 15 is 0 Å². The Morgan fingerprint density at radius 3 is 1.62 bits per heavy atom. The van der Waals surface area contributed by atoms with Crippen molar-refractivity contribution in [2.24, 2.45) is 20.5 Å². The van der Waals surface area contributed by atoms with E-state index in [4.69, 9.17) is 11.5 Å². The molecule has 42 heavy (non-hydrogen) atoms. The van der Waals surface area contributed by atoms with E-state index in [1.165, 1.54) is 6.07 Å². The summed E-state index contributed by atoms with van der Waals surface area (Å²) in [7, 11) is -4.49. The molecule has 5 N–H and O–H groups in total. The Morgan fingerprint density at radius 2 is 1.02 bits per heavy atom. The summed E-state index contributed by atoms with van der Waals surface area (Å²) in [5.74, 6) is 0. The maximum absolute atomic E-state index is 12.0. The van der Waals surface area contributed by atoms with Crippen LogP contribution in [-0.2, 0) is 10.1 Å². The van der Waals surface area contributed by atoms with Gasteiger partial charge in [0.2, 0.25) is 0 Å². The van der Waals surface area contributed by atoms with Gasteiger partial charge in [-0.15, -0.1) is 10.2 Å². The summed E-state index contributed by atoms with van der Waals surface area (Å²) in [6.45, 7) is 0. The molecule has 0 unspecified atom stereocenters. The van der Waals surface area contributed by atoms with E-state index in [0.29, 0.717) is 33.5 Å². The summed E-state index contributed by atoms with van der Waals surface area (Å²) < 4.78 is 33.6. The number of nitrogen functional groups attached to an aromatic ring is 2. The first-order chi connectivity index (χ1) is 20.3. The first kappa shape index (κ1) is 26.8. The topological polar surface area (TPSA) is 156 Å². The van der Waals surface area contributed by atoms with Gasteiger partial charge in [-0.05, 0) is 52.9 Å². The molecule has 0 atom stereocenters. The molecule has 0 aliphatic carbocycles. The van der Waals surface area contributed by atoms with Crippen LogP contribution in [0.2, 0.25) is 0 Å². The Hall–Kier alpha value is -5.45. The van der Waals surface area contributed by atoms with Crippen LogP contribution >= 0.6 is 0 Å². The van der Waals surface area contributed by atoms with Gasteiger partial charge in [-0.1, -0.05) is 78.9 Å². The van der Waals surface area contributed by atoms with Crippen molar-refractivity contribution in [3.8, 4) is 11.1 Å². The predicted octanol–water partition coefficient (Wildman–Crippen LogP) is 8.90. The number of azo groups is 2. The van der Waals surface area contributed by atoms with Crippen molar-refractivity contribution in [2.75, 3.05) is 11.5 Å². The van der Waals surface area contributed by atoms with Crippen molar-refractivity contribution in [1.82, 2.24) is 0 Å². The molecule has 206 valence electrons. The minimum Gasteiger partial charge on any atom is -0.396 e. The average molecular weight is 573 g/mol. The van der Waals surface area contributed by atoms with Gasteiger partial charge in [-0.2, -0.15) is 18.6 Å². The number of benzene rings is 6. The van der Waals surface area contributed by atoms with E-state index in [1.54, 1.807) is 36.4 Å². The average Bonchev–Trinajstić information content (AvgIpc) is 3.01. The number of nitrogens with two attached hydrogens (primary N) is 2.